The number of rotatable bonds is 13. The maximum Gasteiger partial charge on any atom is 0.490 e. The van der Waals surface area contributed by atoms with Crippen molar-refractivity contribution in [3.63, 3.8) is 0 Å². The highest BCUT2D eigenvalue weighted by molar-refractivity contribution is 9.10. The van der Waals surface area contributed by atoms with Gasteiger partial charge in [0.25, 0.3) is 40.0 Å². The van der Waals surface area contributed by atoms with E-state index in [0.717, 1.165) is 9.15 Å². The van der Waals surface area contributed by atoms with Crippen LogP contribution in [0.3, 0.4) is 0 Å². The normalized spacial score (nSPS) is 16.1. The third kappa shape index (κ3) is 16.5. The molecule has 520 valence electrons. The fourth-order valence-electron chi connectivity index (χ4n) is 11.3. The molecule has 11 heterocycles. The molecule has 3 atom stereocenters. The Kier molecular flexibility index (Phi) is 22.6. The number of carbonyl (C=O) groups is 4. The van der Waals surface area contributed by atoms with Crippen molar-refractivity contribution in [2.24, 2.45) is 21.1 Å². The topological polar surface area (TPSA) is 335 Å². The Bertz CT molecular complexity index is 4800. The zero-order chi connectivity index (χ0) is 71.9. The van der Waals surface area contributed by atoms with Crippen LogP contribution >= 0.6 is 15.9 Å². The lowest BCUT2D eigenvalue weighted by molar-refractivity contribution is 0.00343. The second-order valence-electron chi connectivity index (χ2n) is 25.2. The second kappa shape index (κ2) is 31.2. The first-order chi connectivity index (χ1) is 47.7. The van der Waals surface area contributed by atoms with E-state index in [4.69, 9.17) is 14.2 Å². The van der Waals surface area contributed by atoms with Crippen molar-refractivity contribution < 1.29 is 47.8 Å². The Morgan fingerprint density at radius 2 is 1.05 bits per heavy atom. The molecule has 0 bridgehead atoms. The van der Waals surface area contributed by atoms with Gasteiger partial charge in [0.05, 0.1) is 91.6 Å². The summed E-state index contributed by atoms with van der Waals surface area (Å²) in [6.07, 6.45) is 12.3. The van der Waals surface area contributed by atoms with Crippen molar-refractivity contribution in [2.75, 3.05) is 75.2 Å². The van der Waals surface area contributed by atoms with Gasteiger partial charge in [0.1, 0.15) is 40.3 Å². The van der Waals surface area contributed by atoms with Crippen molar-refractivity contribution in [3.05, 3.63) is 202 Å². The van der Waals surface area contributed by atoms with Gasteiger partial charge in [-0.3, -0.25) is 38.4 Å². The van der Waals surface area contributed by atoms with Gasteiger partial charge in [-0.25, -0.2) is 24.3 Å². The van der Waals surface area contributed by atoms with Crippen LogP contribution in [0.15, 0.2) is 146 Å². The van der Waals surface area contributed by atoms with Crippen LogP contribution in [0, 0.1) is 5.82 Å². The molecule has 5 N–H and O–H groups in total. The predicted molar refractivity (Wildman–Crippen MR) is 377 cm³/mol. The number of aldehydes is 1. The van der Waals surface area contributed by atoms with Crippen LogP contribution in [0.1, 0.15) is 88.5 Å². The van der Waals surface area contributed by atoms with E-state index >= 15 is 4.39 Å². The first kappa shape index (κ1) is 72.3. The second-order valence-corrected chi connectivity index (χ2v) is 26.1. The van der Waals surface area contributed by atoms with E-state index in [1.54, 1.807) is 102 Å². The Balaban J connectivity index is 0.000000176. The largest absolute Gasteiger partial charge is 0.490 e. The third-order valence-corrected chi connectivity index (χ3v) is 17.3. The average molecular weight is 1430 g/mol. The molecule has 0 unspecified atom stereocenters. The van der Waals surface area contributed by atoms with Gasteiger partial charge in [0.2, 0.25) is 0 Å². The summed E-state index contributed by atoms with van der Waals surface area (Å²) in [5.74, 6) is 0.0660. The van der Waals surface area contributed by atoms with Crippen molar-refractivity contribution in [2.45, 2.75) is 65.1 Å². The first-order valence-electron chi connectivity index (χ1n) is 31.9. The Labute approximate surface area is 581 Å². The van der Waals surface area contributed by atoms with Crippen LogP contribution in [-0.2, 0) is 40.8 Å². The van der Waals surface area contributed by atoms with Crippen molar-refractivity contribution in [1.29, 1.82) is 0 Å². The highest BCUT2D eigenvalue weighted by Gasteiger charge is 2.29. The minimum Gasteiger partial charge on any atom is -0.423 e. The molecule has 3 fully saturated rings. The van der Waals surface area contributed by atoms with Crippen LogP contribution in [0.5, 0.6) is 0 Å². The molecule has 1 aromatic carbocycles. The molecule has 0 saturated carbocycles. The molecule has 28 nitrogen and oxygen atoms in total. The van der Waals surface area contributed by atoms with Gasteiger partial charge < -0.3 is 68.6 Å². The fraction of sp³-hybridized carbons (Fsp3) is 0.319. The van der Waals surface area contributed by atoms with Gasteiger partial charge in [-0.15, -0.1) is 0 Å². The molecule has 12 rings (SSSR count). The summed E-state index contributed by atoms with van der Waals surface area (Å²) in [5, 5.41) is 31.9. The molecule has 31 heteroatoms. The van der Waals surface area contributed by atoms with Crippen molar-refractivity contribution in [1.82, 2.24) is 58.1 Å². The van der Waals surface area contributed by atoms with Crippen LogP contribution in [0.2, 0.25) is 0 Å². The van der Waals surface area contributed by atoms with E-state index in [9.17, 15) is 48.4 Å². The smallest absolute Gasteiger partial charge is 0.423 e. The number of amides is 3. The number of nitrogens with one attached hydrogen (secondary N) is 3. The van der Waals surface area contributed by atoms with Crippen LogP contribution in [-0.4, -0.2) is 177 Å². The van der Waals surface area contributed by atoms with Crippen LogP contribution in [0.25, 0.3) is 27.7 Å². The van der Waals surface area contributed by atoms with Crippen LogP contribution in [0.4, 0.5) is 38.9 Å². The number of fused-ring (bicyclic) bond motifs is 1. The van der Waals surface area contributed by atoms with E-state index in [2.05, 4.69) is 56.9 Å². The van der Waals surface area contributed by atoms with Crippen LogP contribution < -0.4 is 43.7 Å². The fourth-order valence-corrected chi connectivity index (χ4v) is 11.8. The molecular weight excluding hydrogens is 1360 g/mol. The third-order valence-electron chi connectivity index (χ3n) is 16.8. The predicted octanol–water partition coefficient (Wildman–Crippen LogP) is 5.61. The zero-order valence-corrected chi connectivity index (χ0v) is 57.9. The van der Waals surface area contributed by atoms with Gasteiger partial charge in [-0.1, -0.05) is 20.8 Å². The highest BCUT2D eigenvalue weighted by atomic mass is 79.9. The molecule has 3 amide bonds. The van der Waals surface area contributed by atoms with E-state index in [1.165, 1.54) is 70.1 Å². The number of halogens is 2. The van der Waals surface area contributed by atoms with Gasteiger partial charge in [0.15, 0.2) is 12.1 Å². The average Bonchev–Trinajstić information content (AvgIpc) is 0.757. The molecule has 3 saturated heterocycles. The maximum absolute atomic E-state index is 15.3. The van der Waals surface area contributed by atoms with Crippen molar-refractivity contribution >= 4 is 97.8 Å². The number of carbonyl (C=O) groups excluding carboxylic acids is 4. The standard InChI is InChI=1S/C35H34FN7O5.C17H21BN4O5.C17H19BrN4O3/c1-20-19-48-11-10-42(20)32(45)21-6-7-29(38-15-21)40-28-13-23(17-41(5)33(28)46)25-8-9-37-31(26(25)18-44)43-34(47)30-22(16-39-43)12-24(14-27(30)36)35(2,3)4;1-11-10-27-6-5-22(11)16(23)12-3-4-15(19-8-12)20-14-7-13(18(25)26)9-21(2)17(14)24;1-11-10-25-6-5-22(11)16(23)12-3-4-15(19-8-12)20-14-7-13(18)9-21(2)17(14)24/h6-9,12-18,20H,10-11,19H2,1-5H3,(H,38,40);3-4,7-9,11,25-26H,5-6,10H2,1-2H3,(H,19,20);3-4,7-9,11H,5-6,10H2,1-2H3,(H,19,20)/t20-;2*11-/m111/s1. The van der Waals surface area contributed by atoms with Gasteiger partial charge in [0, 0.05) is 105 Å². The molecule has 3 aliphatic heterocycles. The highest BCUT2D eigenvalue weighted by Crippen LogP contribution is 2.30. The SMILES string of the molecule is C[C@@H]1COCCN1C(=O)c1ccc(Nc2cc(-c3ccnc(-n4ncc5cc(C(C)(C)C)cc(F)c5c4=O)c3C=O)cn(C)c2=O)nc1.C[C@@H]1COCCN1C(=O)c1ccc(Nc2cc(B(O)O)cn(C)c2=O)nc1.C[C@@H]1COCCN1C(=O)c1ccc(Nc2cc(Br)cn(C)c2=O)nc1. The summed E-state index contributed by atoms with van der Waals surface area (Å²) in [6.45, 7) is 16.3. The monoisotopic (exact) mass is 1430 g/mol. The number of nitrogens with zero attached hydrogens (tertiary/aromatic N) is 12. The van der Waals surface area contributed by atoms with Gasteiger partial charge >= 0.3 is 7.12 Å². The van der Waals surface area contributed by atoms with E-state index in [0.29, 0.717) is 127 Å². The minimum atomic E-state index is -1.69. The molecule has 9 aromatic rings. The number of anilines is 6. The lowest BCUT2D eigenvalue weighted by Crippen LogP contribution is -2.47. The molecule has 0 spiro atoms. The summed E-state index contributed by atoms with van der Waals surface area (Å²) in [4.78, 5) is 124. The summed E-state index contributed by atoms with van der Waals surface area (Å²) in [5.41, 5.74) is 1.79. The van der Waals surface area contributed by atoms with Gasteiger partial charge in [-0.05, 0) is 126 Å². The summed E-state index contributed by atoms with van der Waals surface area (Å²) >= 11 is 3.36. The zero-order valence-electron chi connectivity index (χ0n) is 56.3. The van der Waals surface area contributed by atoms with E-state index < -0.39 is 18.5 Å². The Hall–Kier alpha value is -10.4. The molecule has 0 radical (unpaired) electrons. The molecular formula is C69H74BBrFN15O13. The lowest BCUT2D eigenvalue weighted by atomic mass is 9.81. The lowest BCUT2D eigenvalue weighted by Gasteiger charge is -2.33. The Morgan fingerprint density at radius 3 is 1.48 bits per heavy atom. The first-order valence-corrected chi connectivity index (χ1v) is 32.6. The molecule has 0 aliphatic carbocycles. The number of benzene rings is 1. The molecule has 8 aromatic heterocycles. The summed E-state index contributed by atoms with van der Waals surface area (Å²) in [6, 6.07) is 19.1. The minimum absolute atomic E-state index is 0.000257. The Morgan fingerprint density at radius 1 is 0.600 bits per heavy atom. The number of hydrogen-bond donors (Lipinski definition) is 5. The van der Waals surface area contributed by atoms with E-state index in [-0.39, 0.29) is 91.5 Å². The molecule has 3 aliphatic rings. The number of aryl methyl sites for hydroxylation is 3. The summed E-state index contributed by atoms with van der Waals surface area (Å²) in [7, 11) is 3.05. The van der Waals surface area contributed by atoms with E-state index in [1.807, 2.05) is 41.5 Å². The van der Waals surface area contributed by atoms with Crippen molar-refractivity contribution in [3.8, 4) is 16.9 Å². The quantitative estimate of drug-likeness (QED) is 0.0692. The maximum atomic E-state index is 15.3. The number of ether oxygens (including phenoxy) is 3. The number of hydrogen-bond acceptors (Lipinski definition) is 21. The number of pyridine rings is 7. The molecule has 100 heavy (non-hydrogen) atoms. The number of aromatic nitrogens is 9. The number of morpholine rings is 3. The summed E-state index contributed by atoms with van der Waals surface area (Å²) < 4.78 is 37.2. The van der Waals surface area contributed by atoms with Gasteiger partial charge in [-0.2, -0.15) is 9.78 Å².